The molecule has 0 atom stereocenters. The fraction of sp³-hybridized carbons (Fsp3) is 0.158. The van der Waals surface area contributed by atoms with E-state index in [1.54, 1.807) is 17.1 Å². The third-order valence-corrected chi connectivity index (χ3v) is 3.57. The van der Waals surface area contributed by atoms with Crippen LogP contribution in [0.1, 0.15) is 21.7 Å². The van der Waals surface area contributed by atoms with E-state index in [1.165, 1.54) is 0 Å². The van der Waals surface area contributed by atoms with Crippen LogP contribution in [0.5, 0.6) is 0 Å². The number of pyridine rings is 1. The van der Waals surface area contributed by atoms with E-state index in [0.717, 1.165) is 11.3 Å². The lowest BCUT2D eigenvalue weighted by molar-refractivity contribution is 0.0949. The average molecular weight is 333 g/mol. The molecule has 0 fully saturated rings. The Morgan fingerprint density at radius 1 is 1.12 bits per heavy atom. The first kappa shape index (κ1) is 16.6. The zero-order valence-electron chi connectivity index (χ0n) is 13.7. The second-order valence-corrected chi connectivity index (χ2v) is 5.47. The topological polar surface area (TPSA) is 72.7 Å². The van der Waals surface area contributed by atoms with Crippen LogP contribution >= 0.6 is 0 Å². The minimum absolute atomic E-state index is 0.228. The third-order valence-electron chi connectivity index (χ3n) is 3.57. The van der Waals surface area contributed by atoms with Crippen molar-refractivity contribution in [3.63, 3.8) is 0 Å². The predicted molar refractivity (Wildman–Crippen MR) is 95.8 cm³/mol. The molecular weight excluding hydrogens is 314 g/mol. The Morgan fingerprint density at radius 3 is 2.76 bits per heavy atom. The molecule has 0 radical (unpaired) electrons. The molecule has 0 aliphatic heterocycles. The van der Waals surface area contributed by atoms with Crippen LogP contribution in [0.25, 0.3) is 6.08 Å². The summed E-state index contributed by atoms with van der Waals surface area (Å²) in [7, 11) is 0. The van der Waals surface area contributed by atoms with Crippen molar-refractivity contribution in [1.82, 2.24) is 25.3 Å². The van der Waals surface area contributed by atoms with Crippen molar-refractivity contribution < 1.29 is 4.79 Å². The van der Waals surface area contributed by atoms with Crippen LogP contribution in [-0.4, -0.2) is 32.4 Å². The molecule has 0 bridgehead atoms. The minimum Gasteiger partial charge on any atom is -0.350 e. The molecule has 0 saturated carbocycles. The Bertz CT molecular complexity index is 827. The van der Waals surface area contributed by atoms with Gasteiger partial charge >= 0.3 is 0 Å². The van der Waals surface area contributed by atoms with E-state index in [9.17, 15) is 4.79 Å². The molecule has 6 nitrogen and oxygen atoms in total. The zero-order valence-corrected chi connectivity index (χ0v) is 13.7. The number of carbonyl (C=O) groups excluding carboxylic acids is 1. The number of hydrogen-bond acceptors (Lipinski definition) is 4. The van der Waals surface area contributed by atoms with Crippen molar-refractivity contribution in [3.05, 3.63) is 84.0 Å². The van der Waals surface area contributed by atoms with Crippen molar-refractivity contribution in [3.8, 4) is 0 Å². The Kier molecular flexibility index (Phi) is 5.66. The summed E-state index contributed by atoms with van der Waals surface area (Å²) in [5.74, 6) is -0.228. The van der Waals surface area contributed by atoms with Gasteiger partial charge in [-0.1, -0.05) is 53.8 Å². The van der Waals surface area contributed by atoms with Gasteiger partial charge in [-0.2, -0.15) is 0 Å². The number of aromatic nitrogens is 4. The first-order chi connectivity index (χ1) is 12.3. The lowest BCUT2D eigenvalue weighted by Gasteiger charge is -2.02. The summed E-state index contributed by atoms with van der Waals surface area (Å²) in [6.07, 6.45) is 8.05. The fourth-order valence-corrected chi connectivity index (χ4v) is 2.29. The maximum atomic E-state index is 12.1. The number of carbonyl (C=O) groups is 1. The first-order valence-electron chi connectivity index (χ1n) is 8.11. The second-order valence-electron chi connectivity index (χ2n) is 5.47. The maximum absolute atomic E-state index is 12.1. The lowest BCUT2D eigenvalue weighted by atomic mass is 10.2. The number of nitrogens with one attached hydrogen (secondary N) is 1. The highest BCUT2D eigenvalue weighted by molar-refractivity contribution is 5.91. The van der Waals surface area contributed by atoms with Crippen molar-refractivity contribution in [1.29, 1.82) is 0 Å². The molecule has 0 aliphatic rings. The Morgan fingerprint density at radius 2 is 1.96 bits per heavy atom. The summed E-state index contributed by atoms with van der Waals surface area (Å²) in [5, 5.41) is 10.7. The minimum atomic E-state index is -0.228. The van der Waals surface area contributed by atoms with Crippen LogP contribution in [-0.2, 0) is 13.0 Å². The number of nitrogens with zero attached hydrogens (tertiary/aromatic N) is 4. The highest BCUT2D eigenvalue weighted by Crippen LogP contribution is 2.02. The molecule has 6 heteroatoms. The summed E-state index contributed by atoms with van der Waals surface area (Å²) in [5.41, 5.74) is 2.38. The molecule has 0 unspecified atom stereocenters. The van der Waals surface area contributed by atoms with E-state index in [0.29, 0.717) is 25.2 Å². The lowest BCUT2D eigenvalue weighted by Crippen LogP contribution is -2.26. The number of amides is 1. The van der Waals surface area contributed by atoms with Gasteiger partial charge in [0.2, 0.25) is 0 Å². The van der Waals surface area contributed by atoms with E-state index in [2.05, 4.69) is 20.6 Å². The van der Waals surface area contributed by atoms with Gasteiger partial charge in [0, 0.05) is 24.9 Å². The Labute approximate surface area is 146 Å². The van der Waals surface area contributed by atoms with E-state index < -0.39 is 0 Å². The van der Waals surface area contributed by atoms with Crippen LogP contribution in [0.3, 0.4) is 0 Å². The SMILES string of the molecule is O=C(NCCc1ccccn1)c1cn(C/C=C/c2ccccc2)nn1. The fourth-order valence-electron chi connectivity index (χ4n) is 2.29. The summed E-state index contributed by atoms with van der Waals surface area (Å²) in [6, 6.07) is 15.7. The highest BCUT2D eigenvalue weighted by Gasteiger charge is 2.09. The van der Waals surface area contributed by atoms with Gasteiger partial charge < -0.3 is 5.32 Å². The van der Waals surface area contributed by atoms with E-state index in [-0.39, 0.29) is 5.91 Å². The maximum Gasteiger partial charge on any atom is 0.273 e. The molecule has 0 saturated heterocycles. The molecule has 0 aliphatic carbocycles. The van der Waals surface area contributed by atoms with E-state index >= 15 is 0 Å². The van der Waals surface area contributed by atoms with Crippen molar-refractivity contribution in [2.45, 2.75) is 13.0 Å². The van der Waals surface area contributed by atoms with Gasteiger partial charge in [0.05, 0.1) is 12.7 Å². The summed E-state index contributed by atoms with van der Waals surface area (Å²) in [4.78, 5) is 16.3. The largest absolute Gasteiger partial charge is 0.350 e. The van der Waals surface area contributed by atoms with Crippen molar-refractivity contribution in [2.75, 3.05) is 6.54 Å². The van der Waals surface area contributed by atoms with E-state index in [4.69, 9.17) is 0 Å². The summed E-state index contributed by atoms with van der Waals surface area (Å²) >= 11 is 0. The number of rotatable bonds is 7. The normalized spacial score (nSPS) is 10.9. The molecule has 126 valence electrons. The molecule has 1 amide bonds. The molecule has 2 heterocycles. The van der Waals surface area contributed by atoms with E-state index in [1.807, 2.05) is 60.7 Å². The Balaban J connectivity index is 1.47. The van der Waals surface area contributed by atoms with Crippen molar-refractivity contribution >= 4 is 12.0 Å². The number of allylic oxidation sites excluding steroid dienone is 1. The molecular formula is C19H19N5O. The molecule has 3 aromatic rings. The first-order valence-corrected chi connectivity index (χ1v) is 8.11. The summed E-state index contributed by atoms with van der Waals surface area (Å²) < 4.78 is 1.63. The van der Waals surface area contributed by atoms with Gasteiger partial charge in [-0.25, -0.2) is 4.68 Å². The summed E-state index contributed by atoms with van der Waals surface area (Å²) in [6.45, 7) is 1.07. The molecule has 2 aromatic heterocycles. The molecule has 0 spiro atoms. The zero-order chi connectivity index (χ0) is 17.3. The van der Waals surface area contributed by atoms with Gasteiger partial charge in [-0.3, -0.25) is 9.78 Å². The van der Waals surface area contributed by atoms with Gasteiger partial charge in [0.15, 0.2) is 5.69 Å². The van der Waals surface area contributed by atoms with Crippen LogP contribution in [0.2, 0.25) is 0 Å². The van der Waals surface area contributed by atoms with Crippen LogP contribution in [0.4, 0.5) is 0 Å². The van der Waals surface area contributed by atoms with Gasteiger partial charge in [0.1, 0.15) is 0 Å². The van der Waals surface area contributed by atoms with Gasteiger partial charge in [-0.05, 0) is 17.7 Å². The standard InChI is InChI=1S/C19H19N5O/c25-19(21-13-11-17-10-4-5-12-20-17)18-15-24(23-22-18)14-6-9-16-7-2-1-3-8-16/h1-10,12,15H,11,13-14H2,(H,21,25)/b9-6+. The van der Waals surface area contributed by atoms with Gasteiger partial charge in [0.25, 0.3) is 5.91 Å². The second kappa shape index (κ2) is 8.54. The van der Waals surface area contributed by atoms with Crippen LogP contribution < -0.4 is 5.32 Å². The third kappa shape index (κ3) is 5.10. The van der Waals surface area contributed by atoms with Crippen LogP contribution in [0, 0.1) is 0 Å². The smallest absolute Gasteiger partial charge is 0.273 e. The Hall–Kier alpha value is -3.28. The molecule has 25 heavy (non-hydrogen) atoms. The molecule has 1 aromatic carbocycles. The number of hydrogen-bond donors (Lipinski definition) is 1. The van der Waals surface area contributed by atoms with Gasteiger partial charge in [-0.15, -0.1) is 5.10 Å². The average Bonchev–Trinajstić information content (AvgIpc) is 3.12. The quantitative estimate of drug-likeness (QED) is 0.720. The van der Waals surface area contributed by atoms with Crippen LogP contribution in [0.15, 0.2) is 67.0 Å². The highest BCUT2D eigenvalue weighted by atomic mass is 16.2. The monoisotopic (exact) mass is 333 g/mol. The predicted octanol–water partition coefficient (Wildman–Crippen LogP) is 2.36. The number of benzene rings is 1. The van der Waals surface area contributed by atoms with Crippen molar-refractivity contribution in [2.24, 2.45) is 0 Å². The molecule has 1 N–H and O–H groups in total. The molecule has 3 rings (SSSR count).